The van der Waals surface area contributed by atoms with Crippen LogP contribution in [0.3, 0.4) is 0 Å². The first-order chi connectivity index (χ1) is 9.78. The Morgan fingerprint density at radius 2 is 1.95 bits per heavy atom. The number of thioether (sulfide) groups is 1. The fourth-order valence-corrected chi connectivity index (χ4v) is 3.69. The van der Waals surface area contributed by atoms with Gasteiger partial charge in [-0.05, 0) is 36.1 Å². The van der Waals surface area contributed by atoms with Crippen molar-refractivity contribution in [3.05, 3.63) is 59.7 Å². The standard InChI is InChI=1S/C17H17NOS/c1-2-12-7-3-5-9-14(12)18-17(19)16-11-13-8-4-6-10-15(13)20-16/h3-10,16H,2,11H2,1H3,(H,18,19). The molecule has 2 aromatic carbocycles. The highest BCUT2D eigenvalue weighted by molar-refractivity contribution is 8.01. The van der Waals surface area contributed by atoms with E-state index >= 15 is 0 Å². The summed E-state index contributed by atoms with van der Waals surface area (Å²) in [5.74, 6) is 0.104. The Hall–Kier alpha value is -1.74. The molecule has 2 nitrogen and oxygen atoms in total. The summed E-state index contributed by atoms with van der Waals surface area (Å²) >= 11 is 1.66. The van der Waals surface area contributed by atoms with Gasteiger partial charge in [-0.15, -0.1) is 11.8 Å². The summed E-state index contributed by atoms with van der Waals surface area (Å²) in [6.45, 7) is 2.10. The molecule has 1 aliphatic heterocycles. The van der Waals surface area contributed by atoms with Gasteiger partial charge in [0.05, 0.1) is 5.25 Å². The lowest BCUT2D eigenvalue weighted by Gasteiger charge is -2.12. The Morgan fingerprint density at radius 3 is 2.75 bits per heavy atom. The Balaban J connectivity index is 1.72. The van der Waals surface area contributed by atoms with Crippen molar-refractivity contribution in [2.24, 2.45) is 0 Å². The fraction of sp³-hybridized carbons (Fsp3) is 0.235. The number of nitrogens with one attached hydrogen (secondary N) is 1. The second-order valence-corrected chi connectivity index (χ2v) is 6.16. The van der Waals surface area contributed by atoms with Gasteiger partial charge in [0.25, 0.3) is 0 Å². The summed E-state index contributed by atoms with van der Waals surface area (Å²) in [4.78, 5) is 13.7. The Kier molecular flexibility index (Phi) is 3.79. The van der Waals surface area contributed by atoms with E-state index in [9.17, 15) is 4.79 Å². The maximum Gasteiger partial charge on any atom is 0.238 e. The van der Waals surface area contributed by atoms with Crippen molar-refractivity contribution in [2.75, 3.05) is 5.32 Å². The zero-order valence-electron chi connectivity index (χ0n) is 11.4. The maximum absolute atomic E-state index is 12.4. The summed E-state index contributed by atoms with van der Waals surface area (Å²) in [7, 11) is 0. The van der Waals surface area contributed by atoms with Crippen LogP contribution in [-0.2, 0) is 17.6 Å². The molecule has 0 spiro atoms. The van der Waals surface area contributed by atoms with Crippen LogP contribution in [-0.4, -0.2) is 11.2 Å². The van der Waals surface area contributed by atoms with Gasteiger partial charge in [0, 0.05) is 10.6 Å². The molecule has 0 saturated heterocycles. The number of amides is 1. The minimum atomic E-state index is -0.0164. The molecule has 1 N–H and O–H groups in total. The first-order valence-electron chi connectivity index (χ1n) is 6.91. The summed E-state index contributed by atoms with van der Waals surface area (Å²) < 4.78 is 0. The first kappa shape index (κ1) is 13.3. The fourth-order valence-electron chi connectivity index (χ4n) is 2.49. The zero-order valence-corrected chi connectivity index (χ0v) is 12.2. The minimum Gasteiger partial charge on any atom is -0.325 e. The van der Waals surface area contributed by atoms with Gasteiger partial charge < -0.3 is 5.32 Å². The highest BCUT2D eigenvalue weighted by Gasteiger charge is 2.28. The number of anilines is 1. The summed E-state index contributed by atoms with van der Waals surface area (Å²) in [6, 6.07) is 16.3. The van der Waals surface area contributed by atoms with Crippen molar-refractivity contribution in [1.29, 1.82) is 0 Å². The smallest absolute Gasteiger partial charge is 0.238 e. The summed E-state index contributed by atoms with van der Waals surface area (Å²) in [6.07, 6.45) is 1.75. The second kappa shape index (κ2) is 5.71. The molecule has 1 aliphatic rings. The van der Waals surface area contributed by atoms with Gasteiger partial charge in [-0.1, -0.05) is 43.3 Å². The highest BCUT2D eigenvalue weighted by atomic mass is 32.2. The van der Waals surface area contributed by atoms with E-state index in [4.69, 9.17) is 0 Å². The lowest BCUT2D eigenvalue weighted by molar-refractivity contribution is -0.115. The van der Waals surface area contributed by atoms with E-state index in [1.807, 2.05) is 30.3 Å². The molecule has 1 atom stereocenters. The number of aryl methyl sites for hydroxylation is 1. The van der Waals surface area contributed by atoms with E-state index < -0.39 is 0 Å². The summed E-state index contributed by atoms with van der Waals surface area (Å²) in [5.41, 5.74) is 3.40. The molecule has 0 fully saturated rings. The Morgan fingerprint density at radius 1 is 1.20 bits per heavy atom. The van der Waals surface area contributed by atoms with Crippen molar-refractivity contribution < 1.29 is 4.79 Å². The Bertz CT molecular complexity index is 613. The van der Waals surface area contributed by atoms with Crippen LogP contribution in [0.5, 0.6) is 0 Å². The number of hydrogen-bond acceptors (Lipinski definition) is 2. The average Bonchev–Trinajstić information content (AvgIpc) is 2.92. The lowest BCUT2D eigenvalue weighted by atomic mass is 10.1. The van der Waals surface area contributed by atoms with Crippen LogP contribution in [0.4, 0.5) is 5.69 Å². The van der Waals surface area contributed by atoms with E-state index in [-0.39, 0.29) is 11.2 Å². The predicted octanol–water partition coefficient (Wildman–Crippen LogP) is 3.90. The van der Waals surface area contributed by atoms with Crippen molar-refractivity contribution in [2.45, 2.75) is 29.9 Å². The van der Waals surface area contributed by atoms with E-state index in [1.165, 1.54) is 16.0 Å². The van der Waals surface area contributed by atoms with Crippen molar-refractivity contribution in [3.63, 3.8) is 0 Å². The molecule has 1 heterocycles. The molecule has 3 heteroatoms. The number of rotatable bonds is 3. The molecule has 0 radical (unpaired) electrons. The van der Waals surface area contributed by atoms with Gasteiger partial charge >= 0.3 is 0 Å². The third-order valence-electron chi connectivity index (χ3n) is 3.60. The highest BCUT2D eigenvalue weighted by Crippen LogP contribution is 2.37. The molecule has 0 aliphatic carbocycles. The number of carbonyl (C=O) groups is 1. The first-order valence-corrected chi connectivity index (χ1v) is 7.79. The van der Waals surface area contributed by atoms with E-state index in [2.05, 4.69) is 30.4 Å². The van der Waals surface area contributed by atoms with Gasteiger partial charge in [0.2, 0.25) is 5.91 Å². The SMILES string of the molecule is CCc1ccccc1NC(=O)C1Cc2ccccc2S1. The van der Waals surface area contributed by atoms with Gasteiger partial charge in [-0.25, -0.2) is 0 Å². The molecule has 1 unspecified atom stereocenters. The molecule has 2 aromatic rings. The van der Waals surface area contributed by atoms with Gasteiger partial charge in [-0.2, -0.15) is 0 Å². The van der Waals surface area contributed by atoms with E-state index in [0.717, 1.165) is 18.5 Å². The molecule has 102 valence electrons. The normalized spacial score (nSPS) is 16.8. The van der Waals surface area contributed by atoms with Crippen LogP contribution in [0.25, 0.3) is 0 Å². The van der Waals surface area contributed by atoms with Crippen LogP contribution in [0.15, 0.2) is 53.4 Å². The van der Waals surface area contributed by atoms with Gasteiger partial charge in [0.15, 0.2) is 0 Å². The predicted molar refractivity (Wildman–Crippen MR) is 84.2 cm³/mol. The average molecular weight is 283 g/mol. The van der Waals surface area contributed by atoms with Crippen LogP contribution in [0.2, 0.25) is 0 Å². The molecule has 1 amide bonds. The minimum absolute atomic E-state index is 0.0164. The molecule has 0 saturated carbocycles. The molecular formula is C17H17NOS. The third-order valence-corrected chi connectivity index (χ3v) is 4.91. The number of carbonyl (C=O) groups excluding carboxylic acids is 1. The van der Waals surface area contributed by atoms with Crippen molar-refractivity contribution in [3.8, 4) is 0 Å². The number of fused-ring (bicyclic) bond motifs is 1. The summed E-state index contributed by atoms with van der Waals surface area (Å²) in [5, 5.41) is 3.06. The number of para-hydroxylation sites is 1. The quantitative estimate of drug-likeness (QED) is 0.925. The van der Waals surface area contributed by atoms with Gasteiger partial charge in [0.1, 0.15) is 0 Å². The molecular weight excluding hydrogens is 266 g/mol. The van der Waals surface area contributed by atoms with E-state index in [1.54, 1.807) is 11.8 Å². The van der Waals surface area contributed by atoms with Crippen LogP contribution in [0, 0.1) is 0 Å². The molecule has 0 bridgehead atoms. The third kappa shape index (κ3) is 2.59. The topological polar surface area (TPSA) is 29.1 Å². The molecule has 20 heavy (non-hydrogen) atoms. The second-order valence-electron chi connectivity index (χ2n) is 4.92. The maximum atomic E-state index is 12.4. The van der Waals surface area contributed by atoms with Crippen LogP contribution in [0.1, 0.15) is 18.1 Å². The number of benzene rings is 2. The Labute approximate surface area is 123 Å². The largest absolute Gasteiger partial charge is 0.325 e. The number of hydrogen-bond donors (Lipinski definition) is 1. The van der Waals surface area contributed by atoms with Crippen molar-refractivity contribution >= 4 is 23.4 Å². The van der Waals surface area contributed by atoms with Crippen LogP contribution >= 0.6 is 11.8 Å². The zero-order chi connectivity index (χ0) is 13.9. The van der Waals surface area contributed by atoms with Crippen molar-refractivity contribution in [1.82, 2.24) is 0 Å². The molecule has 3 rings (SSSR count). The monoisotopic (exact) mass is 283 g/mol. The van der Waals surface area contributed by atoms with Gasteiger partial charge in [-0.3, -0.25) is 4.79 Å². The van der Waals surface area contributed by atoms with E-state index in [0.29, 0.717) is 0 Å². The molecule has 0 aromatic heterocycles. The van der Waals surface area contributed by atoms with Crippen LogP contribution < -0.4 is 5.32 Å². The lowest BCUT2D eigenvalue weighted by Crippen LogP contribution is -2.25.